The summed E-state index contributed by atoms with van der Waals surface area (Å²) in [4.78, 5) is 53.5. The number of carbonyl (C=O) groups excluding carboxylic acids is 3. The standard InChI is InChI=1S/C28H20ClN3O5/c1-17-8-10-19(11-9-17)30(28(35)23-16-20(32(36)37)12-13-24(23)29)14-15-31-26(33)21-6-2-4-18-5-3-7-22(25(18)21)27(31)34/h2-13,16H,14-15H2,1H3. The smallest absolute Gasteiger partial charge is 0.270 e. The number of amides is 3. The second kappa shape index (κ2) is 9.48. The minimum absolute atomic E-state index is 0.0451. The van der Waals surface area contributed by atoms with Gasteiger partial charge in [0.25, 0.3) is 23.4 Å². The number of rotatable bonds is 6. The maximum atomic E-state index is 13.6. The second-order valence-electron chi connectivity index (χ2n) is 8.68. The summed E-state index contributed by atoms with van der Waals surface area (Å²) in [6.45, 7) is 1.77. The molecule has 0 radical (unpaired) electrons. The number of imide groups is 1. The van der Waals surface area contributed by atoms with Crippen LogP contribution in [0.25, 0.3) is 10.8 Å². The first-order valence-corrected chi connectivity index (χ1v) is 11.8. The average molecular weight is 514 g/mol. The number of anilines is 1. The Hall–Kier alpha value is -4.56. The van der Waals surface area contributed by atoms with Gasteiger partial charge in [-0.1, -0.05) is 53.6 Å². The zero-order chi connectivity index (χ0) is 26.3. The Kier molecular flexibility index (Phi) is 6.19. The van der Waals surface area contributed by atoms with Crippen molar-refractivity contribution in [2.75, 3.05) is 18.0 Å². The van der Waals surface area contributed by atoms with E-state index < -0.39 is 22.6 Å². The first-order chi connectivity index (χ1) is 17.8. The summed E-state index contributed by atoms with van der Waals surface area (Å²) < 4.78 is 0. The van der Waals surface area contributed by atoms with E-state index in [2.05, 4.69) is 0 Å². The van der Waals surface area contributed by atoms with Crippen molar-refractivity contribution in [1.82, 2.24) is 4.90 Å². The largest absolute Gasteiger partial charge is 0.307 e. The third-order valence-corrected chi connectivity index (χ3v) is 6.71. The first kappa shape index (κ1) is 24.1. The molecular weight excluding hydrogens is 494 g/mol. The Morgan fingerprint density at radius 3 is 2.16 bits per heavy atom. The quantitative estimate of drug-likeness (QED) is 0.188. The van der Waals surface area contributed by atoms with E-state index in [1.54, 1.807) is 36.4 Å². The van der Waals surface area contributed by atoms with E-state index in [0.717, 1.165) is 21.9 Å². The van der Waals surface area contributed by atoms with E-state index in [-0.39, 0.29) is 29.4 Å². The van der Waals surface area contributed by atoms with E-state index >= 15 is 0 Å². The van der Waals surface area contributed by atoms with Crippen LogP contribution in [0.15, 0.2) is 78.9 Å². The maximum Gasteiger partial charge on any atom is 0.270 e. The number of aryl methyl sites for hydroxylation is 1. The molecule has 0 unspecified atom stereocenters. The molecule has 0 atom stereocenters. The molecule has 9 heteroatoms. The van der Waals surface area contributed by atoms with Gasteiger partial charge >= 0.3 is 0 Å². The lowest BCUT2D eigenvalue weighted by molar-refractivity contribution is -0.384. The molecule has 0 fully saturated rings. The molecule has 37 heavy (non-hydrogen) atoms. The van der Waals surface area contributed by atoms with Crippen LogP contribution >= 0.6 is 11.6 Å². The summed E-state index contributed by atoms with van der Waals surface area (Å²) in [5, 5.41) is 12.8. The van der Waals surface area contributed by atoms with Crippen molar-refractivity contribution in [3.05, 3.63) is 116 Å². The van der Waals surface area contributed by atoms with Gasteiger partial charge < -0.3 is 4.90 Å². The van der Waals surface area contributed by atoms with Crippen molar-refractivity contribution in [2.45, 2.75) is 6.92 Å². The van der Waals surface area contributed by atoms with Gasteiger partial charge in [0.05, 0.1) is 15.5 Å². The van der Waals surface area contributed by atoms with Crippen LogP contribution in [0.5, 0.6) is 0 Å². The van der Waals surface area contributed by atoms with Crippen molar-refractivity contribution in [2.24, 2.45) is 0 Å². The normalized spacial score (nSPS) is 12.6. The Labute approximate surface area is 216 Å². The molecule has 4 aromatic carbocycles. The lowest BCUT2D eigenvalue weighted by atomic mass is 9.94. The van der Waals surface area contributed by atoms with Gasteiger partial charge in [-0.15, -0.1) is 0 Å². The van der Waals surface area contributed by atoms with Crippen molar-refractivity contribution in [1.29, 1.82) is 0 Å². The van der Waals surface area contributed by atoms with E-state index in [4.69, 9.17) is 11.6 Å². The number of nitro benzene ring substituents is 1. The lowest BCUT2D eigenvalue weighted by Crippen LogP contribution is -2.46. The molecule has 1 aliphatic heterocycles. The fraction of sp³-hybridized carbons (Fsp3) is 0.107. The first-order valence-electron chi connectivity index (χ1n) is 11.5. The zero-order valence-electron chi connectivity index (χ0n) is 19.7. The number of halogens is 1. The molecule has 0 N–H and O–H groups in total. The molecule has 184 valence electrons. The average Bonchev–Trinajstić information content (AvgIpc) is 2.89. The number of benzene rings is 4. The minimum Gasteiger partial charge on any atom is -0.307 e. The highest BCUT2D eigenvalue weighted by molar-refractivity contribution is 6.34. The molecule has 3 amide bonds. The van der Waals surface area contributed by atoms with Gasteiger partial charge in [-0.3, -0.25) is 29.4 Å². The number of nitro groups is 1. The van der Waals surface area contributed by atoms with Gasteiger partial charge in [0.2, 0.25) is 0 Å². The summed E-state index contributed by atoms with van der Waals surface area (Å²) in [5.41, 5.74) is 1.98. The molecule has 0 spiro atoms. The van der Waals surface area contributed by atoms with Crippen LogP contribution in [0.1, 0.15) is 36.6 Å². The lowest BCUT2D eigenvalue weighted by Gasteiger charge is -2.30. The SMILES string of the molecule is Cc1ccc(N(CCN2C(=O)c3cccc4cccc(c34)C2=O)C(=O)c2cc([N+](=O)[O-])ccc2Cl)cc1. The molecule has 1 aliphatic rings. The predicted octanol–water partition coefficient (Wildman–Crippen LogP) is 5.65. The third-order valence-electron chi connectivity index (χ3n) is 6.39. The van der Waals surface area contributed by atoms with Crippen molar-refractivity contribution in [3.8, 4) is 0 Å². The van der Waals surface area contributed by atoms with E-state index in [1.807, 2.05) is 31.2 Å². The number of hydrogen-bond donors (Lipinski definition) is 0. The highest BCUT2D eigenvalue weighted by Crippen LogP contribution is 2.31. The Morgan fingerprint density at radius 2 is 1.57 bits per heavy atom. The minimum atomic E-state index is -0.605. The molecule has 0 saturated heterocycles. The van der Waals surface area contributed by atoms with Gasteiger partial charge in [-0.2, -0.15) is 0 Å². The Morgan fingerprint density at radius 1 is 0.946 bits per heavy atom. The number of carbonyl (C=O) groups is 3. The van der Waals surface area contributed by atoms with Crippen molar-refractivity contribution < 1.29 is 19.3 Å². The highest BCUT2D eigenvalue weighted by atomic mass is 35.5. The molecule has 8 nitrogen and oxygen atoms in total. The Balaban J connectivity index is 1.50. The molecule has 0 bridgehead atoms. The maximum absolute atomic E-state index is 13.6. The summed E-state index contributed by atoms with van der Waals surface area (Å²) in [7, 11) is 0. The third kappa shape index (κ3) is 4.32. The summed E-state index contributed by atoms with van der Waals surface area (Å²) >= 11 is 6.26. The molecule has 0 aliphatic carbocycles. The molecule has 0 saturated carbocycles. The highest BCUT2D eigenvalue weighted by Gasteiger charge is 2.33. The van der Waals surface area contributed by atoms with E-state index in [1.165, 1.54) is 17.0 Å². The van der Waals surface area contributed by atoms with Crippen LogP contribution in [-0.4, -0.2) is 40.6 Å². The summed E-state index contributed by atoms with van der Waals surface area (Å²) in [5.74, 6) is -1.48. The molecular formula is C28H20ClN3O5. The topological polar surface area (TPSA) is 101 Å². The van der Waals surface area contributed by atoms with Crippen LogP contribution in [-0.2, 0) is 0 Å². The predicted molar refractivity (Wildman–Crippen MR) is 140 cm³/mol. The van der Waals surface area contributed by atoms with Crippen LogP contribution in [0.2, 0.25) is 5.02 Å². The second-order valence-corrected chi connectivity index (χ2v) is 9.09. The van der Waals surface area contributed by atoms with Crippen LogP contribution in [0.4, 0.5) is 11.4 Å². The molecule has 1 heterocycles. The number of hydrogen-bond acceptors (Lipinski definition) is 5. The zero-order valence-corrected chi connectivity index (χ0v) is 20.4. The van der Waals surface area contributed by atoms with E-state index in [0.29, 0.717) is 22.2 Å². The van der Waals surface area contributed by atoms with E-state index in [9.17, 15) is 24.5 Å². The van der Waals surface area contributed by atoms with Crippen LogP contribution in [0, 0.1) is 17.0 Å². The molecule has 5 rings (SSSR count). The molecule has 0 aromatic heterocycles. The number of non-ortho nitro benzene ring substituents is 1. The fourth-order valence-electron chi connectivity index (χ4n) is 4.49. The van der Waals surface area contributed by atoms with Crippen LogP contribution < -0.4 is 4.90 Å². The summed E-state index contributed by atoms with van der Waals surface area (Å²) in [6, 6.07) is 21.3. The van der Waals surface area contributed by atoms with Gasteiger partial charge in [-0.25, -0.2) is 0 Å². The van der Waals surface area contributed by atoms with Gasteiger partial charge in [0.1, 0.15) is 0 Å². The van der Waals surface area contributed by atoms with Gasteiger partial charge in [-0.05, 0) is 42.6 Å². The van der Waals surface area contributed by atoms with Crippen molar-refractivity contribution in [3.63, 3.8) is 0 Å². The molecule has 4 aromatic rings. The van der Waals surface area contributed by atoms with Gasteiger partial charge in [0, 0.05) is 47.4 Å². The Bertz CT molecular complexity index is 1550. The summed E-state index contributed by atoms with van der Waals surface area (Å²) in [6.07, 6.45) is 0. The van der Waals surface area contributed by atoms with Gasteiger partial charge in [0.15, 0.2) is 0 Å². The monoisotopic (exact) mass is 513 g/mol. The fourth-order valence-corrected chi connectivity index (χ4v) is 4.69. The number of nitrogens with zero attached hydrogens (tertiary/aromatic N) is 3. The van der Waals surface area contributed by atoms with Crippen LogP contribution in [0.3, 0.4) is 0 Å². The van der Waals surface area contributed by atoms with Crippen molar-refractivity contribution >= 4 is 51.5 Å².